The summed E-state index contributed by atoms with van der Waals surface area (Å²) < 4.78 is 1.92. The number of fused-ring (bicyclic) bond motifs is 1. The van der Waals surface area contributed by atoms with Crippen LogP contribution in [0.4, 0.5) is 0 Å². The standard InChI is InChI=1S/C16H10ClN5OS/c17-9-3-5-10(6-4-9)22-15(20-21-16(22)24)13(23)12-8-19-14-11(12)2-1-7-18-14/h1-8H,(H,18,19)(H,21,24). The van der Waals surface area contributed by atoms with Gasteiger partial charge >= 0.3 is 0 Å². The minimum atomic E-state index is -0.253. The zero-order chi connectivity index (χ0) is 16.7. The average molecular weight is 356 g/mol. The van der Waals surface area contributed by atoms with Crippen LogP contribution in [0, 0.1) is 4.77 Å². The fraction of sp³-hybridized carbons (Fsp3) is 0. The van der Waals surface area contributed by atoms with E-state index in [1.165, 1.54) is 0 Å². The molecule has 24 heavy (non-hydrogen) atoms. The van der Waals surface area contributed by atoms with Gasteiger partial charge in [-0.2, -0.15) is 5.10 Å². The van der Waals surface area contributed by atoms with Crippen molar-refractivity contribution in [2.75, 3.05) is 0 Å². The van der Waals surface area contributed by atoms with Crippen molar-refractivity contribution in [3.63, 3.8) is 0 Å². The van der Waals surface area contributed by atoms with E-state index in [9.17, 15) is 4.79 Å². The van der Waals surface area contributed by atoms with Crippen LogP contribution in [0.5, 0.6) is 0 Å². The van der Waals surface area contributed by atoms with E-state index in [0.717, 1.165) is 5.39 Å². The highest BCUT2D eigenvalue weighted by Crippen LogP contribution is 2.21. The van der Waals surface area contributed by atoms with Crippen molar-refractivity contribution in [3.8, 4) is 5.69 Å². The lowest BCUT2D eigenvalue weighted by molar-refractivity contribution is 0.102. The SMILES string of the molecule is O=C(c1c[nH]c2ncccc12)c1n[nH]c(=S)n1-c1ccc(Cl)cc1. The molecule has 6 nitrogen and oxygen atoms in total. The molecule has 1 aromatic carbocycles. The van der Waals surface area contributed by atoms with Gasteiger partial charge in [-0.25, -0.2) is 4.98 Å². The first-order chi connectivity index (χ1) is 11.6. The predicted molar refractivity (Wildman–Crippen MR) is 93.3 cm³/mol. The molecule has 3 heterocycles. The number of benzene rings is 1. The number of H-pyrrole nitrogens is 2. The summed E-state index contributed by atoms with van der Waals surface area (Å²) in [6, 6.07) is 10.6. The molecule has 118 valence electrons. The zero-order valence-corrected chi connectivity index (χ0v) is 13.7. The van der Waals surface area contributed by atoms with Crippen LogP contribution < -0.4 is 0 Å². The Labute approximate surface area is 146 Å². The molecule has 0 saturated heterocycles. The van der Waals surface area contributed by atoms with Gasteiger partial charge in [0, 0.05) is 22.8 Å². The largest absolute Gasteiger partial charge is 0.345 e. The highest BCUT2D eigenvalue weighted by molar-refractivity contribution is 7.71. The Kier molecular flexibility index (Phi) is 3.51. The molecule has 0 saturated carbocycles. The van der Waals surface area contributed by atoms with Crippen molar-refractivity contribution in [3.05, 3.63) is 70.0 Å². The maximum absolute atomic E-state index is 13.0. The lowest BCUT2D eigenvalue weighted by Gasteiger charge is -2.06. The number of carbonyl (C=O) groups excluding carboxylic acids is 1. The molecule has 4 rings (SSSR count). The van der Waals surface area contributed by atoms with Gasteiger partial charge in [-0.15, -0.1) is 0 Å². The summed E-state index contributed by atoms with van der Waals surface area (Å²) in [6.07, 6.45) is 3.29. The van der Waals surface area contributed by atoms with Crippen molar-refractivity contribution in [2.24, 2.45) is 0 Å². The molecule has 0 aliphatic heterocycles. The minimum absolute atomic E-state index is 0.201. The second-order valence-electron chi connectivity index (χ2n) is 5.10. The second-order valence-corrected chi connectivity index (χ2v) is 5.92. The number of nitrogens with one attached hydrogen (secondary N) is 2. The van der Waals surface area contributed by atoms with E-state index < -0.39 is 0 Å². The van der Waals surface area contributed by atoms with Crippen LogP contribution in [0.1, 0.15) is 16.2 Å². The molecule has 0 spiro atoms. The molecular weight excluding hydrogens is 346 g/mol. The summed E-state index contributed by atoms with van der Waals surface area (Å²) in [6.45, 7) is 0. The third kappa shape index (κ3) is 2.34. The predicted octanol–water partition coefficient (Wildman–Crippen LogP) is 3.69. The number of ketones is 1. The van der Waals surface area contributed by atoms with Crippen LogP contribution in [0.25, 0.3) is 16.7 Å². The van der Waals surface area contributed by atoms with Gasteiger partial charge in [-0.05, 0) is 48.6 Å². The van der Waals surface area contributed by atoms with E-state index >= 15 is 0 Å². The summed E-state index contributed by atoms with van der Waals surface area (Å²) in [4.78, 5) is 20.2. The number of halogens is 1. The summed E-state index contributed by atoms with van der Waals surface area (Å²) in [5.74, 6) is -0.0522. The molecular formula is C16H10ClN5OS. The van der Waals surface area contributed by atoms with Gasteiger partial charge < -0.3 is 4.98 Å². The first kappa shape index (κ1) is 14.8. The lowest BCUT2D eigenvalue weighted by atomic mass is 10.1. The number of aromatic nitrogens is 5. The number of rotatable bonds is 3. The normalized spacial score (nSPS) is 11.0. The molecule has 3 aromatic heterocycles. The fourth-order valence-corrected chi connectivity index (χ4v) is 2.91. The zero-order valence-electron chi connectivity index (χ0n) is 12.2. The molecule has 2 N–H and O–H groups in total. The molecule has 8 heteroatoms. The van der Waals surface area contributed by atoms with Crippen molar-refractivity contribution < 1.29 is 4.79 Å². The van der Waals surface area contributed by atoms with Crippen molar-refractivity contribution in [1.82, 2.24) is 24.7 Å². The van der Waals surface area contributed by atoms with E-state index in [2.05, 4.69) is 20.2 Å². The summed E-state index contributed by atoms with van der Waals surface area (Å²) in [7, 11) is 0. The van der Waals surface area contributed by atoms with Gasteiger partial charge in [-0.3, -0.25) is 14.5 Å². The quantitative estimate of drug-likeness (QED) is 0.434. The molecule has 0 amide bonds. The number of nitrogens with zero attached hydrogens (tertiary/aromatic N) is 3. The molecule has 0 bridgehead atoms. The maximum Gasteiger partial charge on any atom is 0.232 e. The highest BCUT2D eigenvalue weighted by Gasteiger charge is 2.21. The Bertz CT molecular complexity index is 1110. The first-order valence-corrected chi connectivity index (χ1v) is 7.84. The van der Waals surface area contributed by atoms with Gasteiger partial charge in [0.1, 0.15) is 5.65 Å². The maximum atomic E-state index is 13.0. The summed E-state index contributed by atoms with van der Waals surface area (Å²) >= 11 is 11.2. The molecule has 0 atom stereocenters. The highest BCUT2D eigenvalue weighted by atomic mass is 35.5. The summed E-state index contributed by atoms with van der Waals surface area (Å²) in [5.41, 5.74) is 1.84. The Hall–Kier alpha value is -2.77. The van der Waals surface area contributed by atoms with E-state index in [-0.39, 0.29) is 11.6 Å². The fourth-order valence-electron chi connectivity index (χ4n) is 2.54. The first-order valence-electron chi connectivity index (χ1n) is 7.05. The lowest BCUT2D eigenvalue weighted by Crippen LogP contribution is -2.10. The molecule has 0 fully saturated rings. The summed E-state index contributed by atoms with van der Waals surface area (Å²) in [5, 5.41) is 8.12. The van der Waals surface area contributed by atoms with Crippen LogP contribution >= 0.6 is 23.8 Å². The van der Waals surface area contributed by atoms with Gasteiger partial charge in [-0.1, -0.05) is 11.6 Å². The van der Waals surface area contributed by atoms with Crippen LogP contribution in [0.2, 0.25) is 5.02 Å². The van der Waals surface area contributed by atoms with E-state index in [1.54, 1.807) is 47.3 Å². The topological polar surface area (TPSA) is 79.4 Å². The Morgan fingerprint density at radius 2 is 2.00 bits per heavy atom. The van der Waals surface area contributed by atoms with Crippen LogP contribution in [-0.4, -0.2) is 30.5 Å². The molecule has 0 radical (unpaired) electrons. The van der Waals surface area contributed by atoms with E-state index in [4.69, 9.17) is 23.8 Å². The number of pyridine rings is 1. The molecule has 4 aromatic rings. The second kappa shape index (κ2) is 5.70. The van der Waals surface area contributed by atoms with Gasteiger partial charge in [0.15, 0.2) is 4.77 Å². The monoisotopic (exact) mass is 355 g/mol. The van der Waals surface area contributed by atoms with Gasteiger partial charge in [0.05, 0.1) is 11.3 Å². The van der Waals surface area contributed by atoms with Crippen molar-refractivity contribution >= 4 is 40.6 Å². The molecule has 0 unspecified atom stereocenters. The van der Waals surface area contributed by atoms with Gasteiger partial charge in [0.25, 0.3) is 0 Å². The number of hydrogen-bond donors (Lipinski definition) is 2. The Balaban J connectivity index is 1.87. The number of carbonyl (C=O) groups is 1. The number of hydrogen-bond acceptors (Lipinski definition) is 4. The van der Waals surface area contributed by atoms with Gasteiger partial charge in [0.2, 0.25) is 11.6 Å². The molecule has 0 aliphatic carbocycles. The third-order valence-corrected chi connectivity index (χ3v) is 4.18. The number of aromatic amines is 2. The Morgan fingerprint density at radius 1 is 1.21 bits per heavy atom. The van der Waals surface area contributed by atoms with Crippen LogP contribution in [0.3, 0.4) is 0 Å². The smallest absolute Gasteiger partial charge is 0.232 e. The van der Waals surface area contributed by atoms with E-state index in [0.29, 0.717) is 26.7 Å². The third-order valence-electron chi connectivity index (χ3n) is 3.66. The van der Waals surface area contributed by atoms with Crippen LogP contribution in [0.15, 0.2) is 48.8 Å². The Morgan fingerprint density at radius 3 is 2.79 bits per heavy atom. The van der Waals surface area contributed by atoms with Crippen molar-refractivity contribution in [1.29, 1.82) is 0 Å². The molecule has 0 aliphatic rings. The van der Waals surface area contributed by atoms with Crippen molar-refractivity contribution in [2.45, 2.75) is 0 Å². The average Bonchev–Trinajstić information content (AvgIpc) is 3.19. The minimum Gasteiger partial charge on any atom is -0.345 e. The van der Waals surface area contributed by atoms with Crippen LogP contribution in [-0.2, 0) is 0 Å². The van der Waals surface area contributed by atoms with E-state index in [1.807, 2.05) is 6.07 Å².